The molecule has 37 heavy (non-hydrogen) atoms. The van der Waals surface area contributed by atoms with Gasteiger partial charge in [0.25, 0.3) is 5.92 Å². The van der Waals surface area contributed by atoms with E-state index in [1.165, 1.54) is 20.0 Å². The highest BCUT2D eigenvalue weighted by atomic mass is 35.5. The zero-order valence-corrected chi connectivity index (χ0v) is 21.8. The summed E-state index contributed by atoms with van der Waals surface area (Å²) < 4.78 is 33.8. The number of aliphatic hydroxyl groups excluding tert-OH is 1. The third kappa shape index (κ3) is 5.31. The fourth-order valence-electron chi connectivity index (χ4n) is 4.46. The number of nitrogens with zero attached hydrogens (tertiary/aromatic N) is 5. The molecular formula is C25H29ClF2N6O3. The van der Waals surface area contributed by atoms with E-state index in [2.05, 4.69) is 20.3 Å². The Hall–Kier alpha value is -3.47. The summed E-state index contributed by atoms with van der Waals surface area (Å²) in [6.45, 7) is 3.63. The minimum atomic E-state index is -2.76. The average Bonchev–Trinajstić information content (AvgIpc) is 3.04. The molecule has 0 bridgehead atoms. The summed E-state index contributed by atoms with van der Waals surface area (Å²) in [5, 5.41) is 13.2. The maximum absolute atomic E-state index is 14.3. The number of aliphatic hydroxyl groups is 1. The summed E-state index contributed by atoms with van der Waals surface area (Å²) >= 11 is 6.38. The number of aromatic nitrogens is 2. The van der Waals surface area contributed by atoms with Gasteiger partial charge in [-0.3, -0.25) is 4.99 Å². The molecule has 2 aliphatic rings. The molecule has 0 spiro atoms. The summed E-state index contributed by atoms with van der Waals surface area (Å²) in [6, 6.07) is 5.40. The SMILES string of the molecule is CC1CN(c2ncc(Cl)c(Nc3ccc(N(C)C)c(C4=NCCOC(=O)C4=CO)c3)n2)CC(C)C1(F)F. The van der Waals surface area contributed by atoms with Gasteiger partial charge in [0.15, 0.2) is 5.82 Å². The van der Waals surface area contributed by atoms with Crippen LogP contribution >= 0.6 is 11.6 Å². The highest BCUT2D eigenvalue weighted by Crippen LogP contribution is 2.39. The molecule has 12 heteroatoms. The lowest BCUT2D eigenvalue weighted by molar-refractivity contribution is -0.137. The molecule has 1 saturated heterocycles. The summed E-state index contributed by atoms with van der Waals surface area (Å²) in [5.41, 5.74) is 2.16. The molecule has 3 heterocycles. The van der Waals surface area contributed by atoms with Gasteiger partial charge < -0.3 is 25.0 Å². The van der Waals surface area contributed by atoms with E-state index < -0.39 is 23.7 Å². The molecule has 9 nitrogen and oxygen atoms in total. The van der Waals surface area contributed by atoms with E-state index in [0.717, 1.165) is 5.69 Å². The number of carbonyl (C=O) groups excluding carboxylic acids is 1. The van der Waals surface area contributed by atoms with Crippen LogP contribution in [0, 0.1) is 11.8 Å². The molecule has 1 aromatic carbocycles. The van der Waals surface area contributed by atoms with Crippen LogP contribution in [-0.2, 0) is 9.53 Å². The molecule has 2 aliphatic heterocycles. The quantitative estimate of drug-likeness (QED) is 0.329. The molecule has 2 atom stereocenters. The second-order valence-corrected chi connectivity index (χ2v) is 9.82. The van der Waals surface area contributed by atoms with Gasteiger partial charge in [0.05, 0.1) is 24.7 Å². The first-order valence-corrected chi connectivity index (χ1v) is 12.2. The number of nitrogens with one attached hydrogen (secondary N) is 1. The van der Waals surface area contributed by atoms with Crippen LogP contribution in [-0.4, -0.2) is 73.0 Å². The van der Waals surface area contributed by atoms with Gasteiger partial charge in [-0.15, -0.1) is 0 Å². The van der Waals surface area contributed by atoms with E-state index in [0.29, 0.717) is 35.0 Å². The molecular weight excluding hydrogens is 506 g/mol. The highest BCUT2D eigenvalue weighted by molar-refractivity contribution is 6.33. The number of esters is 1. The summed E-state index contributed by atoms with van der Waals surface area (Å²) in [6.07, 6.45) is 2.13. The van der Waals surface area contributed by atoms with Crippen molar-refractivity contribution >= 4 is 46.4 Å². The third-order valence-corrected chi connectivity index (χ3v) is 6.79. The molecule has 0 saturated carbocycles. The minimum absolute atomic E-state index is 0.0507. The Labute approximate surface area is 218 Å². The number of alkyl halides is 2. The molecule has 1 aromatic heterocycles. The van der Waals surface area contributed by atoms with Crippen LogP contribution < -0.4 is 15.1 Å². The standard InChI is InChI=1S/C25H29ClF2N6O3/c1-14-11-34(12-15(2)25(14,27)28)24-30-10-19(26)22(32-24)31-16-5-6-20(33(3)4)17(9-16)21-18(13-35)23(36)37-8-7-29-21/h5-6,9-10,13-15,35H,7-8,11-12H2,1-4H3,(H,30,31,32). The summed E-state index contributed by atoms with van der Waals surface area (Å²) in [4.78, 5) is 29.2. The number of halogens is 3. The average molecular weight is 535 g/mol. The minimum Gasteiger partial charge on any atom is -0.515 e. The number of piperidine rings is 1. The van der Waals surface area contributed by atoms with Gasteiger partial charge in [0, 0.05) is 56.0 Å². The van der Waals surface area contributed by atoms with E-state index in [-0.39, 0.29) is 36.8 Å². The number of benzene rings is 1. The van der Waals surface area contributed by atoms with Crippen molar-refractivity contribution in [3.05, 3.63) is 46.8 Å². The third-order valence-electron chi connectivity index (χ3n) is 6.51. The number of rotatable bonds is 5. The van der Waals surface area contributed by atoms with Crippen LogP contribution in [0.15, 0.2) is 41.2 Å². The van der Waals surface area contributed by atoms with E-state index >= 15 is 0 Å². The van der Waals surface area contributed by atoms with Crippen molar-refractivity contribution in [2.45, 2.75) is 19.8 Å². The molecule has 0 radical (unpaired) electrons. The normalized spacial score (nSPS) is 22.8. The zero-order chi connectivity index (χ0) is 26.9. The van der Waals surface area contributed by atoms with Crippen LogP contribution in [0.3, 0.4) is 0 Å². The molecule has 0 amide bonds. The molecule has 4 rings (SSSR count). The predicted molar refractivity (Wildman–Crippen MR) is 140 cm³/mol. The number of cyclic esters (lactones) is 1. The smallest absolute Gasteiger partial charge is 0.343 e. The van der Waals surface area contributed by atoms with Crippen molar-refractivity contribution in [2.75, 3.05) is 55.5 Å². The first kappa shape index (κ1) is 26.6. The van der Waals surface area contributed by atoms with E-state index in [1.807, 2.05) is 25.1 Å². The Morgan fingerprint density at radius 3 is 2.62 bits per heavy atom. The van der Waals surface area contributed by atoms with Gasteiger partial charge in [0.1, 0.15) is 17.2 Å². The maximum Gasteiger partial charge on any atom is 0.343 e. The number of anilines is 4. The first-order chi connectivity index (χ1) is 17.5. The second-order valence-electron chi connectivity index (χ2n) is 9.41. The first-order valence-electron chi connectivity index (χ1n) is 11.8. The Balaban J connectivity index is 1.68. The van der Waals surface area contributed by atoms with E-state index in [1.54, 1.807) is 17.0 Å². The Bertz CT molecular complexity index is 1240. The van der Waals surface area contributed by atoms with Crippen LogP contribution in [0.25, 0.3) is 0 Å². The number of ether oxygens (including phenoxy) is 1. The topological polar surface area (TPSA) is 103 Å². The van der Waals surface area contributed by atoms with Crippen molar-refractivity contribution in [1.29, 1.82) is 0 Å². The number of hydrogen-bond acceptors (Lipinski definition) is 9. The largest absolute Gasteiger partial charge is 0.515 e. The van der Waals surface area contributed by atoms with E-state index in [4.69, 9.17) is 16.3 Å². The van der Waals surface area contributed by atoms with Crippen molar-refractivity contribution in [3.63, 3.8) is 0 Å². The summed E-state index contributed by atoms with van der Waals surface area (Å²) in [7, 11) is 3.70. The van der Waals surface area contributed by atoms with Crippen molar-refractivity contribution < 1.29 is 23.4 Å². The lowest BCUT2D eigenvalue weighted by Gasteiger charge is -2.41. The molecule has 1 fully saturated rings. The van der Waals surface area contributed by atoms with Gasteiger partial charge in [0.2, 0.25) is 5.95 Å². The number of aliphatic imine (C=N–C) groups is 1. The van der Waals surface area contributed by atoms with Gasteiger partial charge in [-0.1, -0.05) is 25.4 Å². The second kappa shape index (κ2) is 10.5. The molecule has 2 aromatic rings. The van der Waals surface area contributed by atoms with Gasteiger partial charge in [-0.2, -0.15) is 4.98 Å². The lowest BCUT2D eigenvalue weighted by Crippen LogP contribution is -2.52. The monoisotopic (exact) mass is 534 g/mol. The Morgan fingerprint density at radius 2 is 1.97 bits per heavy atom. The van der Waals surface area contributed by atoms with Crippen LogP contribution in [0.5, 0.6) is 0 Å². The van der Waals surface area contributed by atoms with Gasteiger partial charge in [-0.05, 0) is 18.2 Å². The van der Waals surface area contributed by atoms with E-state index in [9.17, 15) is 18.7 Å². The number of hydrogen-bond donors (Lipinski definition) is 2. The molecule has 2 unspecified atom stereocenters. The van der Waals surface area contributed by atoms with Gasteiger partial charge in [-0.25, -0.2) is 18.6 Å². The predicted octanol–water partition coefficient (Wildman–Crippen LogP) is 4.45. The van der Waals surface area contributed by atoms with Crippen molar-refractivity contribution in [2.24, 2.45) is 16.8 Å². The van der Waals surface area contributed by atoms with Crippen LogP contribution in [0.2, 0.25) is 5.02 Å². The fraction of sp³-hybridized carbons (Fsp3) is 0.440. The van der Waals surface area contributed by atoms with Crippen LogP contribution in [0.1, 0.15) is 19.4 Å². The summed E-state index contributed by atoms with van der Waals surface area (Å²) in [5.74, 6) is -4.53. The van der Waals surface area contributed by atoms with Gasteiger partial charge >= 0.3 is 5.97 Å². The number of carbonyl (C=O) groups is 1. The van der Waals surface area contributed by atoms with Crippen molar-refractivity contribution in [3.8, 4) is 0 Å². The fourth-order valence-corrected chi connectivity index (χ4v) is 4.59. The molecule has 198 valence electrons. The zero-order valence-electron chi connectivity index (χ0n) is 21.0. The highest BCUT2D eigenvalue weighted by Gasteiger charge is 2.47. The molecule has 0 aliphatic carbocycles. The molecule has 2 N–H and O–H groups in total. The maximum atomic E-state index is 14.3. The van der Waals surface area contributed by atoms with Crippen molar-refractivity contribution in [1.82, 2.24) is 9.97 Å². The Kier molecular flexibility index (Phi) is 7.54. The van der Waals surface area contributed by atoms with Crippen LogP contribution in [0.4, 0.5) is 31.9 Å². The lowest BCUT2D eigenvalue weighted by atomic mass is 9.87. The Morgan fingerprint density at radius 1 is 1.27 bits per heavy atom.